The van der Waals surface area contributed by atoms with Crippen LogP contribution in [0.1, 0.15) is 23.7 Å². The molecule has 0 heterocycles. The van der Waals surface area contributed by atoms with Crippen LogP contribution in [-0.4, -0.2) is 12.5 Å². The van der Waals surface area contributed by atoms with Gasteiger partial charge in [-0.05, 0) is 30.7 Å². The van der Waals surface area contributed by atoms with Crippen molar-refractivity contribution in [3.05, 3.63) is 60.2 Å². The number of nitrogens with one attached hydrogen (secondary N) is 2. The summed E-state index contributed by atoms with van der Waals surface area (Å²) < 4.78 is 0. The highest BCUT2D eigenvalue weighted by molar-refractivity contribution is 6.00. The molecule has 19 heavy (non-hydrogen) atoms. The van der Waals surface area contributed by atoms with Crippen molar-refractivity contribution in [3.8, 4) is 0 Å². The van der Waals surface area contributed by atoms with Gasteiger partial charge in [-0.3, -0.25) is 4.79 Å². The summed E-state index contributed by atoms with van der Waals surface area (Å²) in [4.78, 5) is 12.1. The highest BCUT2D eigenvalue weighted by Crippen LogP contribution is 2.20. The Morgan fingerprint density at radius 1 is 1.00 bits per heavy atom. The van der Waals surface area contributed by atoms with Crippen LogP contribution in [0.4, 0.5) is 11.4 Å². The van der Waals surface area contributed by atoms with E-state index < -0.39 is 0 Å². The summed E-state index contributed by atoms with van der Waals surface area (Å²) in [5, 5.41) is 6.16. The molecule has 0 saturated carbocycles. The van der Waals surface area contributed by atoms with Gasteiger partial charge in [0.05, 0.1) is 11.3 Å². The molecular formula is C16H18N2O. The molecule has 3 nitrogen and oxygen atoms in total. The fourth-order valence-electron chi connectivity index (χ4n) is 1.80. The number of anilines is 2. The number of hydrogen-bond acceptors (Lipinski definition) is 2. The second-order valence-electron chi connectivity index (χ2n) is 4.29. The Morgan fingerprint density at radius 2 is 1.68 bits per heavy atom. The van der Waals surface area contributed by atoms with E-state index in [0.717, 1.165) is 17.8 Å². The molecule has 0 spiro atoms. The van der Waals surface area contributed by atoms with Gasteiger partial charge in [0.15, 0.2) is 0 Å². The molecule has 0 aromatic heterocycles. The van der Waals surface area contributed by atoms with Crippen LogP contribution in [-0.2, 0) is 0 Å². The number of amides is 1. The van der Waals surface area contributed by atoms with Crippen LogP contribution in [0, 0.1) is 0 Å². The first-order chi connectivity index (χ1) is 9.31. The van der Waals surface area contributed by atoms with Crippen molar-refractivity contribution in [2.45, 2.75) is 13.3 Å². The molecule has 0 aliphatic heterocycles. The van der Waals surface area contributed by atoms with Crippen molar-refractivity contribution < 1.29 is 4.79 Å². The SMILES string of the molecule is CCCNC(=O)c1ccccc1Nc1ccccc1. The standard InChI is InChI=1S/C16H18N2O/c1-2-12-17-16(19)14-10-6-7-11-15(14)18-13-8-4-3-5-9-13/h3-11,18H,2,12H2,1H3,(H,17,19). The highest BCUT2D eigenvalue weighted by Gasteiger charge is 2.09. The summed E-state index contributed by atoms with van der Waals surface area (Å²) in [7, 11) is 0. The fraction of sp³-hybridized carbons (Fsp3) is 0.188. The lowest BCUT2D eigenvalue weighted by Crippen LogP contribution is -2.24. The van der Waals surface area contributed by atoms with Crippen LogP contribution in [0.3, 0.4) is 0 Å². The van der Waals surface area contributed by atoms with Crippen LogP contribution in [0.2, 0.25) is 0 Å². The summed E-state index contributed by atoms with van der Waals surface area (Å²) in [6.07, 6.45) is 0.931. The molecule has 2 aromatic carbocycles. The minimum atomic E-state index is -0.0409. The average molecular weight is 254 g/mol. The lowest BCUT2D eigenvalue weighted by atomic mass is 10.1. The summed E-state index contributed by atoms with van der Waals surface area (Å²) >= 11 is 0. The number of carbonyl (C=O) groups excluding carboxylic acids is 1. The van der Waals surface area contributed by atoms with Gasteiger partial charge in [-0.15, -0.1) is 0 Å². The van der Waals surface area contributed by atoms with E-state index in [1.807, 2.05) is 61.5 Å². The number of rotatable bonds is 5. The molecule has 0 saturated heterocycles. The number of carbonyl (C=O) groups is 1. The summed E-state index contributed by atoms with van der Waals surface area (Å²) in [6.45, 7) is 2.73. The molecule has 2 aromatic rings. The maximum Gasteiger partial charge on any atom is 0.253 e. The van der Waals surface area contributed by atoms with Gasteiger partial charge in [0.2, 0.25) is 0 Å². The third-order valence-electron chi connectivity index (χ3n) is 2.76. The Kier molecular flexibility index (Phi) is 4.56. The summed E-state index contributed by atoms with van der Waals surface area (Å²) in [5.41, 5.74) is 2.46. The molecule has 1 amide bonds. The van der Waals surface area contributed by atoms with Gasteiger partial charge in [0, 0.05) is 12.2 Å². The molecular weight excluding hydrogens is 236 g/mol. The quantitative estimate of drug-likeness (QED) is 0.856. The largest absolute Gasteiger partial charge is 0.355 e. The van der Waals surface area contributed by atoms with E-state index in [9.17, 15) is 4.79 Å². The van der Waals surface area contributed by atoms with E-state index >= 15 is 0 Å². The smallest absolute Gasteiger partial charge is 0.253 e. The van der Waals surface area contributed by atoms with Gasteiger partial charge in [-0.25, -0.2) is 0 Å². The predicted molar refractivity (Wildman–Crippen MR) is 78.8 cm³/mol. The van der Waals surface area contributed by atoms with Crippen LogP contribution >= 0.6 is 0 Å². The average Bonchev–Trinajstić information content (AvgIpc) is 2.46. The van der Waals surface area contributed by atoms with Crippen molar-refractivity contribution >= 4 is 17.3 Å². The maximum atomic E-state index is 12.1. The zero-order valence-corrected chi connectivity index (χ0v) is 11.0. The van der Waals surface area contributed by atoms with E-state index in [1.54, 1.807) is 0 Å². The first-order valence-corrected chi connectivity index (χ1v) is 6.50. The third-order valence-corrected chi connectivity index (χ3v) is 2.76. The number of hydrogen-bond donors (Lipinski definition) is 2. The third kappa shape index (κ3) is 3.58. The minimum absolute atomic E-state index is 0.0409. The zero-order valence-electron chi connectivity index (χ0n) is 11.0. The lowest BCUT2D eigenvalue weighted by Gasteiger charge is -2.11. The molecule has 0 bridgehead atoms. The minimum Gasteiger partial charge on any atom is -0.355 e. The Bertz CT molecular complexity index is 537. The Labute approximate surface area is 113 Å². The molecule has 0 radical (unpaired) electrons. The fourth-order valence-corrected chi connectivity index (χ4v) is 1.80. The second-order valence-corrected chi connectivity index (χ2v) is 4.29. The molecule has 2 rings (SSSR count). The monoisotopic (exact) mass is 254 g/mol. The lowest BCUT2D eigenvalue weighted by molar-refractivity contribution is 0.0954. The Balaban J connectivity index is 2.19. The normalized spacial score (nSPS) is 9.95. The van der Waals surface area contributed by atoms with Gasteiger partial charge >= 0.3 is 0 Å². The second kappa shape index (κ2) is 6.59. The van der Waals surface area contributed by atoms with Crippen LogP contribution in [0.15, 0.2) is 54.6 Å². The Hall–Kier alpha value is -2.29. The van der Waals surface area contributed by atoms with Crippen LogP contribution in [0.5, 0.6) is 0 Å². The van der Waals surface area contributed by atoms with E-state index in [-0.39, 0.29) is 5.91 Å². The van der Waals surface area contributed by atoms with E-state index in [4.69, 9.17) is 0 Å². The first kappa shape index (κ1) is 13.1. The predicted octanol–water partition coefficient (Wildman–Crippen LogP) is 3.57. The molecule has 0 aliphatic carbocycles. The number of benzene rings is 2. The van der Waals surface area contributed by atoms with Crippen LogP contribution in [0.25, 0.3) is 0 Å². The topological polar surface area (TPSA) is 41.1 Å². The van der Waals surface area contributed by atoms with Gasteiger partial charge in [-0.2, -0.15) is 0 Å². The molecule has 0 fully saturated rings. The van der Waals surface area contributed by atoms with Crippen molar-refractivity contribution in [1.82, 2.24) is 5.32 Å². The molecule has 0 atom stereocenters. The van der Waals surface area contributed by atoms with Gasteiger partial charge in [0.1, 0.15) is 0 Å². The Morgan fingerprint density at radius 3 is 2.42 bits per heavy atom. The van der Waals surface area contributed by atoms with Gasteiger partial charge in [-0.1, -0.05) is 37.3 Å². The van der Waals surface area contributed by atoms with Gasteiger partial charge in [0.25, 0.3) is 5.91 Å². The summed E-state index contributed by atoms with van der Waals surface area (Å²) in [6, 6.07) is 17.4. The first-order valence-electron chi connectivity index (χ1n) is 6.50. The van der Waals surface area contributed by atoms with Crippen molar-refractivity contribution in [2.75, 3.05) is 11.9 Å². The van der Waals surface area contributed by atoms with Gasteiger partial charge < -0.3 is 10.6 Å². The van der Waals surface area contributed by atoms with Crippen molar-refractivity contribution in [3.63, 3.8) is 0 Å². The molecule has 0 unspecified atom stereocenters. The van der Waals surface area contributed by atoms with E-state index in [0.29, 0.717) is 12.1 Å². The molecule has 3 heteroatoms. The van der Waals surface area contributed by atoms with Crippen molar-refractivity contribution in [1.29, 1.82) is 0 Å². The molecule has 2 N–H and O–H groups in total. The van der Waals surface area contributed by atoms with E-state index in [1.165, 1.54) is 0 Å². The van der Waals surface area contributed by atoms with Crippen molar-refractivity contribution in [2.24, 2.45) is 0 Å². The highest BCUT2D eigenvalue weighted by atomic mass is 16.1. The van der Waals surface area contributed by atoms with Crippen LogP contribution < -0.4 is 10.6 Å². The van der Waals surface area contributed by atoms with E-state index in [2.05, 4.69) is 10.6 Å². The molecule has 98 valence electrons. The maximum absolute atomic E-state index is 12.1. The number of para-hydroxylation sites is 2. The summed E-state index contributed by atoms with van der Waals surface area (Å²) in [5.74, 6) is -0.0409. The molecule has 0 aliphatic rings. The zero-order chi connectivity index (χ0) is 13.5.